The minimum Gasteiger partial charge on any atom is -0.342 e. The van der Waals surface area contributed by atoms with Gasteiger partial charge in [-0.1, -0.05) is 6.07 Å². The summed E-state index contributed by atoms with van der Waals surface area (Å²) in [6, 6.07) is 7.04. The predicted octanol–water partition coefficient (Wildman–Crippen LogP) is 3.45. The standard InChI is InChI=1S/C23H21F3N4O2/c24-16-4-5-17(18(25)11-16)15-3-6-20(19(26)10-15)30-21(27-28-23(30)32)9-13-7-8-29(12-13)22(31)14-1-2-14/h3-6,10-11,13-14H,1-2,7-9,12H2,(H,28,32)/t13-/m0/s1. The quantitative estimate of drug-likeness (QED) is 0.658. The predicted molar refractivity (Wildman–Crippen MR) is 111 cm³/mol. The van der Waals surface area contributed by atoms with E-state index in [2.05, 4.69) is 10.2 Å². The molecule has 5 rings (SSSR count). The van der Waals surface area contributed by atoms with Crippen LogP contribution in [0.3, 0.4) is 0 Å². The highest BCUT2D eigenvalue weighted by molar-refractivity contribution is 5.81. The third-order valence-electron chi connectivity index (χ3n) is 6.17. The number of aromatic amines is 1. The Kier molecular flexibility index (Phi) is 5.11. The summed E-state index contributed by atoms with van der Waals surface area (Å²) in [6.07, 6.45) is 3.12. The van der Waals surface area contributed by atoms with E-state index in [1.165, 1.54) is 22.8 Å². The van der Waals surface area contributed by atoms with Crippen LogP contribution in [-0.2, 0) is 11.2 Å². The average molecular weight is 442 g/mol. The number of halogens is 3. The molecule has 1 aromatic heterocycles. The van der Waals surface area contributed by atoms with E-state index in [1.807, 2.05) is 4.90 Å². The van der Waals surface area contributed by atoms with Gasteiger partial charge in [-0.25, -0.2) is 27.6 Å². The summed E-state index contributed by atoms with van der Waals surface area (Å²) in [5.74, 6) is -1.39. The third-order valence-corrected chi connectivity index (χ3v) is 6.17. The zero-order valence-electron chi connectivity index (χ0n) is 17.2. The normalized spacial score (nSPS) is 18.3. The van der Waals surface area contributed by atoms with Crippen molar-refractivity contribution in [2.75, 3.05) is 13.1 Å². The van der Waals surface area contributed by atoms with E-state index in [0.29, 0.717) is 25.3 Å². The SMILES string of the molecule is O=C(C1CC1)N1CC[C@@H](Cc2n[nH]c(=O)n2-c2ccc(-c3ccc(F)cc3F)cc2F)C1. The van der Waals surface area contributed by atoms with Crippen LogP contribution in [0.2, 0.25) is 0 Å². The lowest BCUT2D eigenvalue weighted by Crippen LogP contribution is -2.30. The van der Waals surface area contributed by atoms with Gasteiger partial charge in [0.2, 0.25) is 5.91 Å². The first-order valence-corrected chi connectivity index (χ1v) is 10.6. The molecule has 1 amide bonds. The lowest BCUT2D eigenvalue weighted by molar-refractivity contribution is -0.131. The van der Waals surface area contributed by atoms with Crippen molar-refractivity contribution < 1.29 is 18.0 Å². The molecule has 166 valence electrons. The molecule has 6 nitrogen and oxygen atoms in total. The van der Waals surface area contributed by atoms with Crippen molar-refractivity contribution >= 4 is 5.91 Å². The molecule has 2 aromatic carbocycles. The monoisotopic (exact) mass is 442 g/mol. The highest BCUT2D eigenvalue weighted by atomic mass is 19.1. The molecule has 1 aliphatic heterocycles. The van der Waals surface area contributed by atoms with Crippen LogP contribution in [0.5, 0.6) is 0 Å². The lowest BCUT2D eigenvalue weighted by Gasteiger charge is -2.16. The third kappa shape index (κ3) is 3.83. The molecule has 32 heavy (non-hydrogen) atoms. The Morgan fingerprint density at radius 1 is 1.06 bits per heavy atom. The molecule has 0 spiro atoms. The summed E-state index contributed by atoms with van der Waals surface area (Å²) in [5, 5.41) is 6.44. The van der Waals surface area contributed by atoms with E-state index >= 15 is 0 Å². The van der Waals surface area contributed by atoms with E-state index in [1.54, 1.807) is 0 Å². The number of carbonyl (C=O) groups is 1. The van der Waals surface area contributed by atoms with Gasteiger partial charge in [-0.15, -0.1) is 0 Å². The van der Waals surface area contributed by atoms with Gasteiger partial charge in [0.15, 0.2) is 0 Å². The summed E-state index contributed by atoms with van der Waals surface area (Å²) in [7, 11) is 0. The zero-order valence-corrected chi connectivity index (χ0v) is 17.2. The van der Waals surface area contributed by atoms with Gasteiger partial charge in [0.1, 0.15) is 23.3 Å². The maximum Gasteiger partial charge on any atom is 0.348 e. The molecule has 2 aliphatic rings. The van der Waals surface area contributed by atoms with Crippen LogP contribution in [0.1, 0.15) is 25.1 Å². The van der Waals surface area contributed by atoms with Gasteiger partial charge in [0, 0.05) is 37.1 Å². The summed E-state index contributed by atoms with van der Waals surface area (Å²) in [5.41, 5.74) is -0.299. The Labute approximate surface area is 181 Å². The average Bonchev–Trinajstić information content (AvgIpc) is 3.41. The number of H-pyrrole nitrogens is 1. The number of aromatic nitrogens is 3. The van der Waals surface area contributed by atoms with Crippen LogP contribution in [0.4, 0.5) is 13.2 Å². The van der Waals surface area contributed by atoms with Gasteiger partial charge in [-0.05, 0) is 55.0 Å². The molecule has 2 fully saturated rings. The molecule has 3 aromatic rings. The number of nitrogens with one attached hydrogen (secondary N) is 1. The number of carbonyl (C=O) groups excluding carboxylic acids is 1. The van der Waals surface area contributed by atoms with Crippen molar-refractivity contribution in [1.82, 2.24) is 19.7 Å². The second kappa shape index (κ2) is 7.96. The fraction of sp³-hybridized carbons (Fsp3) is 0.348. The van der Waals surface area contributed by atoms with Crippen LogP contribution >= 0.6 is 0 Å². The first kappa shape index (κ1) is 20.5. The van der Waals surface area contributed by atoms with E-state index in [9.17, 15) is 22.8 Å². The molecule has 1 N–H and O–H groups in total. The van der Waals surface area contributed by atoms with E-state index in [0.717, 1.165) is 37.5 Å². The highest BCUT2D eigenvalue weighted by Gasteiger charge is 2.37. The summed E-state index contributed by atoms with van der Waals surface area (Å²) in [6.45, 7) is 1.28. The molecule has 1 aliphatic carbocycles. The number of benzene rings is 2. The maximum absolute atomic E-state index is 15.0. The Bertz CT molecular complexity index is 1250. The molecule has 2 heterocycles. The summed E-state index contributed by atoms with van der Waals surface area (Å²) >= 11 is 0. The highest BCUT2D eigenvalue weighted by Crippen LogP contribution is 2.33. The van der Waals surface area contributed by atoms with Crippen LogP contribution in [0, 0.1) is 29.3 Å². The second-order valence-electron chi connectivity index (χ2n) is 8.49. The van der Waals surface area contributed by atoms with Crippen molar-refractivity contribution in [2.24, 2.45) is 11.8 Å². The Balaban J connectivity index is 1.39. The van der Waals surface area contributed by atoms with Crippen LogP contribution in [-0.4, -0.2) is 38.7 Å². The Morgan fingerprint density at radius 3 is 2.59 bits per heavy atom. The molecule has 1 atom stereocenters. The van der Waals surface area contributed by atoms with E-state index in [4.69, 9.17) is 0 Å². The number of nitrogens with zero attached hydrogens (tertiary/aromatic N) is 3. The number of rotatable bonds is 5. The van der Waals surface area contributed by atoms with Crippen molar-refractivity contribution in [1.29, 1.82) is 0 Å². The molecule has 0 bridgehead atoms. The minimum absolute atomic E-state index is 0.00562. The molecule has 9 heteroatoms. The van der Waals surface area contributed by atoms with Crippen molar-refractivity contribution in [3.8, 4) is 16.8 Å². The van der Waals surface area contributed by atoms with Crippen molar-refractivity contribution in [3.63, 3.8) is 0 Å². The van der Waals surface area contributed by atoms with Gasteiger partial charge in [0.05, 0.1) is 5.69 Å². The fourth-order valence-electron chi connectivity index (χ4n) is 4.34. The minimum atomic E-state index is -0.801. The molecule has 1 saturated carbocycles. The largest absolute Gasteiger partial charge is 0.348 e. The fourth-order valence-corrected chi connectivity index (χ4v) is 4.34. The maximum atomic E-state index is 15.0. The topological polar surface area (TPSA) is 71.0 Å². The molecular weight excluding hydrogens is 421 g/mol. The molecule has 1 saturated heterocycles. The second-order valence-corrected chi connectivity index (χ2v) is 8.49. The number of hydrogen-bond donors (Lipinski definition) is 1. The van der Waals surface area contributed by atoms with E-state index in [-0.39, 0.29) is 34.6 Å². The number of amides is 1. The summed E-state index contributed by atoms with van der Waals surface area (Å²) in [4.78, 5) is 26.5. The van der Waals surface area contributed by atoms with E-state index < -0.39 is 23.1 Å². The van der Waals surface area contributed by atoms with Crippen LogP contribution in [0.25, 0.3) is 16.8 Å². The van der Waals surface area contributed by atoms with Gasteiger partial charge in [-0.2, -0.15) is 5.10 Å². The van der Waals surface area contributed by atoms with Crippen LogP contribution < -0.4 is 5.69 Å². The molecule has 0 unspecified atom stereocenters. The first-order valence-electron chi connectivity index (χ1n) is 10.6. The van der Waals surface area contributed by atoms with Crippen molar-refractivity contribution in [3.05, 3.63) is 70.2 Å². The zero-order chi connectivity index (χ0) is 22.4. The van der Waals surface area contributed by atoms with Crippen molar-refractivity contribution in [2.45, 2.75) is 25.7 Å². The number of hydrogen-bond acceptors (Lipinski definition) is 3. The van der Waals surface area contributed by atoms with Gasteiger partial charge in [-0.3, -0.25) is 4.79 Å². The van der Waals surface area contributed by atoms with Gasteiger partial charge >= 0.3 is 5.69 Å². The van der Waals surface area contributed by atoms with Gasteiger partial charge < -0.3 is 4.90 Å². The first-order chi connectivity index (χ1) is 15.4. The Hall–Kier alpha value is -3.36. The number of likely N-dealkylation sites (tertiary alicyclic amines) is 1. The molecule has 0 radical (unpaired) electrons. The molecular formula is C23H21F3N4O2. The lowest BCUT2D eigenvalue weighted by atomic mass is 10.0. The van der Waals surface area contributed by atoms with Crippen LogP contribution in [0.15, 0.2) is 41.2 Å². The van der Waals surface area contributed by atoms with Gasteiger partial charge in [0.25, 0.3) is 0 Å². The Morgan fingerprint density at radius 2 is 1.88 bits per heavy atom. The smallest absolute Gasteiger partial charge is 0.342 e. The summed E-state index contributed by atoms with van der Waals surface area (Å²) < 4.78 is 43.4.